The highest BCUT2D eigenvalue weighted by atomic mass is 79.9. The molecule has 1 aromatic heterocycles. The topological polar surface area (TPSA) is 4.93 Å². The SMILES string of the molecule is Clc1ccc(Br)cc1-n1c2ccccc2c2ccccc21. The molecule has 0 N–H and O–H groups in total. The molecule has 0 aliphatic carbocycles. The Balaban J connectivity index is 2.23. The van der Waals surface area contributed by atoms with E-state index in [2.05, 4.69) is 75.1 Å². The first-order valence-corrected chi connectivity index (χ1v) is 7.86. The summed E-state index contributed by atoms with van der Waals surface area (Å²) in [5, 5.41) is 3.22. The summed E-state index contributed by atoms with van der Waals surface area (Å²) in [5.74, 6) is 0. The van der Waals surface area contributed by atoms with Crippen molar-refractivity contribution in [3.8, 4) is 5.69 Å². The van der Waals surface area contributed by atoms with E-state index in [0.29, 0.717) is 0 Å². The van der Waals surface area contributed by atoms with Crippen molar-refractivity contribution in [1.29, 1.82) is 0 Å². The van der Waals surface area contributed by atoms with Crippen LogP contribution in [0.5, 0.6) is 0 Å². The van der Waals surface area contributed by atoms with Crippen molar-refractivity contribution in [3.05, 3.63) is 76.2 Å². The Morgan fingerprint density at radius 3 is 1.95 bits per heavy atom. The van der Waals surface area contributed by atoms with E-state index < -0.39 is 0 Å². The lowest BCUT2D eigenvalue weighted by Gasteiger charge is -2.10. The van der Waals surface area contributed by atoms with Gasteiger partial charge in [0.15, 0.2) is 0 Å². The summed E-state index contributed by atoms with van der Waals surface area (Å²) in [4.78, 5) is 0. The summed E-state index contributed by atoms with van der Waals surface area (Å²) in [6.07, 6.45) is 0. The predicted molar refractivity (Wildman–Crippen MR) is 93.5 cm³/mol. The second kappa shape index (κ2) is 4.90. The number of benzene rings is 3. The van der Waals surface area contributed by atoms with Crippen LogP contribution in [0.3, 0.4) is 0 Å². The highest BCUT2D eigenvalue weighted by Gasteiger charge is 2.13. The van der Waals surface area contributed by atoms with Gasteiger partial charge in [0.05, 0.1) is 21.7 Å². The van der Waals surface area contributed by atoms with Crippen molar-refractivity contribution in [3.63, 3.8) is 0 Å². The van der Waals surface area contributed by atoms with Gasteiger partial charge in [-0.15, -0.1) is 0 Å². The number of hydrogen-bond acceptors (Lipinski definition) is 0. The Labute approximate surface area is 135 Å². The van der Waals surface area contributed by atoms with Crippen LogP contribution in [0, 0.1) is 0 Å². The maximum Gasteiger partial charge on any atom is 0.0659 e. The normalized spacial score (nSPS) is 11.3. The summed E-state index contributed by atoms with van der Waals surface area (Å²) in [6, 6.07) is 22.8. The molecule has 0 bridgehead atoms. The first-order valence-electron chi connectivity index (χ1n) is 6.69. The maximum absolute atomic E-state index is 6.45. The third-order valence-electron chi connectivity index (χ3n) is 3.73. The molecule has 0 unspecified atom stereocenters. The summed E-state index contributed by atoms with van der Waals surface area (Å²) in [7, 11) is 0. The second-order valence-electron chi connectivity index (χ2n) is 4.97. The quantitative estimate of drug-likeness (QED) is 0.382. The molecule has 4 aromatic rings. The summed E-state index contributed by atoms with van der Waals surface area (Å²) >= 11 is 9.98. The van der Waals surface area contributed by atoms with Gasteiger partial charge in [-0.05, 0) is 30.3 Å². The molecule has 102 valence electrons. The number of para-hydroxylation sites is 2. The Morgan fingerprint density at radius 2 is 1.33 bits per heavy atom. The Bertz CT molecular complexity index is 918. The molecule has 4 rings (SSSR count). The number of hydrogen-bond donors (Lipinski definition) is 0. The third kappa shape index (κ3) is 1.98. The largest absolute Gasteiger partial charge is 0.308 e. The van der Waals surface area contributed by atoms with E-state index in [1.807, 2.05) is 12.1 Å². The molecule has 0 fully saturated rings. The Hall–Kier alpha value is -1.77. The Kier molecular flexibility index (Phi) is 3.02. The minimum Gasteiger partial charge on any atom is -0.308 e. The van der Waals surface area contributed by atoms with E-state index in [4.69, 9.17) is 11.6 Å². The van der Waals surface area contributed by atoms with Gasteiger partial charge >= 0.3 is 0 Å². The zero-order chi connectivity index (χ0) is 14.4. The van der Waals surface area contributed by atoms with Gasteiger partial charge in [-0.25, -0.2) is 0 Å². The number of aromatic nitrogens is 1. The van der Waals surface area contributed by atoms with Crippen LogP contribution < -0.4 is 0 Å². The van der Waals surface area contributed by atoms with Crippen LogP contribution in [0.4, 0.5) is 0 Å². The fourth-order valence-corrected chi connectivity index (χ4v) is 3.39. The minimum absolute atomic E-state index is 0.740. The average Bonchev–Trinajstić information content (AvgIpc) is 2.84. The summed E-state index contributed by atoms with van der Waals surface area (Å²) < 4.78 is 3.24. The van der Waals surface area contributed by atoms with Gasteiger partial charge in [-0.2, -0.15) is 0 Å². The zero-order valence-corrected chi connectivity index (χ0v) is 13.4. The smallest absolute Gasteiger partial charge is 0.0659 e. The van der Waals surface area contributed by atoms with Crippen molar-refractivity contribution >= 4 is 49.3 Å². The molecule has 0 aliphatic rings. The van der Waals surface area contributed by atoms with Crippen LogP contribution in [-0.4, -0.2) is 4.57 Å². The fraction of sp³-hybridized carbons (Fsp3) is 0. The van der Waals surface area contributed by atoms with Gasteiger partial charge in [0.1, 0.15) is 0 Å². The van der Waals surface area contributed by atoms with Crippen molar-refractivity contribution < 1.29 is 0 Å². The summed E-state index contributed by atoms with van der Waals surface area (Å²) in [5.41, 5.74) is 3.32. The first-order chi connectivity index (χ1) is 10.3. The zero-order valence-electron chi connectivity index (χ0n) is 11.1. The molecule has 0 aliphatic heterocycles. The van der Waals surface area contributed by atoms with Crippen LogP contribution in [0.15, 0.2) is 71.2 Å². The monoisotopic (exact) mass is 355 g/mol. The molecule has 0 saturated carbocycles. The molecule has 0 spiro atoms. The van der Waals surface area contributed by atoms with Crippen molar-refractivity contribution in [1.82, 2.24) is 4.57 Å². The molecular formula is C18H11BrClN. The van der Waals surface area contributed by atoms with Crippen LogP contribution >= 0.6 is 27.5 Å². The van der Waals surface area contributed by atoms with E-state index in [9.17, 15) is 0 Å². The van der Waals surface area contributed by atoms with E-state index in [1.165, 1.54) is 21.8 Å². The lowest BCUT2D eigenvalue weighted by molar-refractivity contribution is 1.18. The number of rotatable bonds is 1. The average molecular weight is 357 g/mol. The van der Waals surface area contributed by atoms with Gasteiger partial charge in [-0.3, -0.25) is 0 Å². The molecule has 0 atom stereocenters. The predicted octanol–water partition coefficient (Wildman–Crippen LogP) is 6.20. The van der Waals surface area contributed by atoms with Gasteiger partial charge in [0.25, 0.3) is 0 Å². The second-order valence-corrected chi connectivity index (χ2v) is 6.29. The third-order valence-corrected chi connectivity index (χ3v) is 4.54. The molecule has 1 nitrogen and oxygen atoms in total. The van der Waals surface area contributed by atoms with E-state index in [-0.39, 0.29) is 0 Å². The van der Waals surface area contributed by atoms with E-state index in [0.717, 1.165) is 15.2 Å². The highest BCUT2D eigenvalue weighted by Crippen LogP contribution is 2.35. The van der Waals surface area contributed by atoms with Crippen LogP contribution in [0.1, 0.15) is 0 Å². The standard InChI is InChI=1S/C18H11BrClN/c19-12-9-10-15(20)18(11-12)21-16-7-3-1-5-13(16)14-6-2-4-8-17(14)21/h1-11H. The van der Waals surface area contributed by atoms with Crippen molar-refractivity contribution in [2.75, 3.05) is 0 Å². The first kappa shape index (κ1) is 12.9. The van der Waals surface area contributed by atoms with Crippen LogP contribution in [0.25, 0.3) is 27.5 Å². The molecular weight excluding hydrogens is 346 g/mol. The molecule has 1 heterocycles. The molecule has 0 radical (unpaired) electrons. The number of fused-ring (bicyclic) bond motifs is 3. The van der Waals surface area contributed by atoms with Gasteiger partial charge < -0.3 is 4.57 Å². The van der Waals surface area contributed by atoms with Crippen LogP contribution in [-0.2, 0) is 0 Å². The van der Waals surface area contributed by atoms with Crippen molar-refractivity contribution in [2.24, 2.45) is 0 Å². The van der Waals surface area contributed by atoms with Gasteiger partial charge in [0.2, 0.25) is 0 Å². The van der Waals surface area contributed by atoms with Crippen LogP contribution in [0.2, 0.25) is 5.02 Å². The van der Waals surface area contributed by atoms with E-state index in [1.54, 1.807) is 0 Å². The Morgan fingerprint density at radius 1 is 0.762 bits per heavy atom. The van der Waals surface area contributed by atoms with Gasteiger partial charge in [0, 0.05) is 15.2 Å². The lowest BCUT2D eigenvalue weighted by atomic mass is 10.2. The lowest BCUT2D eigenvalue weighted by Crippen LogP contribution is -1.94. The molecule has 3 aromatic carbocycles. The molecule has 0 amide bonds. The molecule has 3 heteroatoms. The van der Waals surface area contributed by atoms with Gasteiger partial charge in [-0.1, -0.05) is 63.9 Å². The van der Waals surface area contributed by atoms with E-state index >= 15 is 0 Å². The summed E-state index contributed by atoms with van der Waals surface area (Å²) in [6.45, 7) is 0. The molecule has 21 heavy (non-hydrogen) atoms. The van der Waals surface area contributed by atoms with Crippen molar-refractivity contribution in [2.45, 2.75) is 0 Å². The molecule has 0 saturated heterocycles. The fourth-order valence-electron chi connectivity index (χ4n) is 2.84. The minimum atomic E-state index is 0.740. The number of halogens is 2. The number of nitrogens with zero attached hydrogens (tertiary/aromatic N) is 1. The maximum atomic E-state index is 6.45. The highest BCUT2D eigenvalue weighted by molar-refractivity contribution is 9.10.